The Bertz CT molecular complexity index is 138. The molecule has 0 aliphatic heterocycles. The van der Waals surface area contributed by atoms with Gasteiger partial charge in [-0.3, -0.25) is 0 Å². The molecule has 0 aromatic rings. The average molecular weight is 214 g/mol. The first kappa shape index (κ1) is 14.9. The van der Waals surface area contributed by atoms with E-state index in [0.29, 0.717) is 5.41 Å². The van der Waals surface area contributed by atoms with E-state index in [1.54, 1.807) is 0 Å². The molecule has 2 heteroatoms. The molecule has 0 rings (SSSR count). The van der Waals surface area contributed by atoms with Crippen LogP contribution in [0.5, 0.6) is 0 Å². The lowest BCUT2D eigenvalue weighted by molar-refractivity contribution is 0.283. The van der Waals surface area contributed by atoms with Gasteiger partial charge in [-0.05, 0) is 37.9 Å². The molecule has 2 nitrogen and oxygen atoms in total. The lowest BCUT2D eigenvalue weighted by Gasteiger charge is -2.21. The second-order valence-electron chi connectivity index (χ2n) is 5.49. The Morgan fingerprint density at radius 3 is 2.13 bits per heavy atom. The molecular formula is C13H30N2. The standard InChI is InChI=1S/C13H30N2/c1-6-11-15(7-2)12-10-14-9-8-13(3,4)5/h14H,6-12H2,1-5H3. The molecule has 0 aromatic carbocycles. The van der Waals surface area contributed by atoms with E-state index in [9.17, 15) is 0 Å². The first-order valence-electron chi connectivity index (χ1n) is 6.42. The van der Waals surface area contributed by atoms with Gasteiger partial charge in [-0.1, -0.05) is 34.6 Å². The number of likely N-dealkylation sites (N-methyl/N-ethyl adjacent to an activating group) is 1. The second kappa shape index (κ2) is 8.12. The highest BCUT2D eigenvalue weighted by Gasteiger charge is 2.08. The topological polar surface area (TPSA) is 15.3 Å². The fourth-order valence-electron chi connectivity index (χ4n) is 1.57. The van der Waals surface area contributed by atoms with E-state index in [-0.39, 0.29) is 0 Å². The van der Waals surface area contributed by atoms with E-state index in [4.69, 9.17) is 0 Å². The summed E-state index contributed by atoms with van der Waals surface area (Å²) < 4.78 is 0. The van der Waals surface area contributed by atoms with Crippen molar-refractivity contribution < 1.29 is 0 Å². The maximum atomic E-state index is 3.52. The van der Waals surface area contributed by atoms with Crippen LogP contribution in [0.2, 0.25) is 0 Å². The van der Waals surface area contributed by atoms with Crippen LogP contribution >= 0.6 is 0 Å². The molecule has 0 aromatic heterocycles. The minimum absolute atomic E-state index is 0.459. The molecule has 1 N–H and O–H groups in total. The van der Waals surface area contributed by atoms with Gasteiger partial charge in [0.2, 0.25) is 0 Å². The van der Waals surface area contributed by atoms with E-state index >= 15 is 0 Å². The molecule has 0 atom stereocenters. The van der Waals surface area contributed by atoms with E-state index in [2.05, 4.69) is 44.8 Å². The molecule has 0 aliphatic rings. The van der Waals surface area contributed by atoms with Crippen molar-refractivity contribution in [3.05, 3.63) is 0 Å². The van der Waals surface area contributed by atoms with Crippen molar-refractivity contribution in [2.45, 2.75) is 47.5 Å². The number of nitrogens with one attached hydrogen (secondary N) is 1. The smallest absolute Gasteiger partial charge is 0.0107 e. The van der Waals surface area contributed by atoms with Crippen LogP contribution in [0.3, 0.4) is 0 Å². The average Bonchev–Trinajstić information content (AvgIpc) is 2.14. The van der Waals surface area contributed by atoms with Crippen molar-refractivity contribution in [2.75, 3.05) is 32.7 Å². The van der Waals surface area contributed by atoms with Gasteiger partial charge in [-0.15, -0.1) is 0 Å². The molecule has 0 fully saturated rings. The Morgan fingerprint density at radius 1 is 1.00 bits per heavy atom. The number of hydrogen-bond acceptors (Lipinski definition) is 2. The third-order valence-corrected chi connectivity index (χ3v) is 2.64. The monoisotopic (exact) mass is 214 g/mol. The van der Waals surface area contributed by atoms with Crippen molar-refractivity contribution in [1.82, 2.24) is 10.2 Å². The molecule has 0 saturated carbocycles. The predicted molar refractivity (Wildman–Crippen MR) is 69.3 cm³/mol. The van der Waals surface area contributed by atoms with Crippen molar-refractivity contribution in [2.24, 2.45) is 5.41 Å². The van der Waals surface area contributed by atoms with Crippen molar-refractivity contribution in [3.8, 4) is 0 Å². The predicted octanol–water partition coefficient (Wildman–Crippen LogP) is 2.74. The fraction of sp³-hybridized carbons (Fsp3) is 1.00. The maximum absolute atomic E-state index is 3.52. The summed E-state index contributed by atoms with van der Waals surface area (Å²) in [5.41, 5.74) is 0.459. The van der Waals surface area contributed by atoms with Gasteiger partial charge in [0.1, 0.15) is 0 Å². The van der Waals surface area contributed by atoms with Crippen LogP contribution in [0.4, 0.5) is 0 Å². The quantitative estimate of drug-likeness (QED) is 0.625. The molecule has 92 valence electrons. The van der Waals surface area contributed by atoms with E-state index in [0.717, 1.165) is 13.1 Å². The van der Waals surface area contributed by atoms with Crippen LogP contribution in [0.15, 0.2) is 0 Å². The summed E-state index contributed by atoms with van der Waals surface area (Å²) >= 11 is 0. The zero-order valence-corrected chi connectivity index (χ0v) is 11.4. The molecule has 0 spiro atoms. The Labute approximate surface area is 96.4 Å². The molecule has 0 aliphatic carbocycles. The van der Waals surface area contributed by atoms with Gasteiger partial charge in [0, 0.05) is 13.1 Å². The first-order valence-corrected chi connectivity index (χ1v) is 6.42. The molecule has 0 bridgehead atoms. The van der Waals surface area contributed by atoms with Gasteiger partial charge in [-0.25, -0.2) is 0 Å². The van der Waals surface area contributed by atoms with Crippen LogP contribution < -0.4 is 5.32 Å². The van der Waals surface area contributed by atoms with E-state index < -0.39 is 0 Å². The van der Waals surface area contributed by atoms with Crippen molar-refractivity contribution >= 4 is 0 Å². The summed E-state index contributed by atoms with van der Waals surface area (Å²) in [6.45, 7) is 17.2. The van der Waals surface area contributed by atoms with E-state index in [1.165, 1.54) is 32.5 Å². The maximum Gasteiger partial charge on any atom is 0.0107 e. The van der Waals surface area contributed by atoms with Gasteiger partial charge in [0.25, 0.3) is 0 Å². The van der Waals surface area contributed by atoms with Crippen LogP contribution in [-0.4, -0.2) is 37.6 Å². The van der Waals surface area contributed by atoms with Crippen LogP contribution in [-0.2, 0) is 0 Å². The molecule has 0 radical (unpaired) electrons. The van der Waals surface area contributed by atoms with Crippen LogP contribution in [0.1, 0.15) is 47.5 Å². The minimum atomic E-state index is 0.459. The normalized spacial score (nSPS) is 12.4. The Kier molecular flexibility index (Phi) is 8.07. The number of hydrogen-bond donors (Lipinski definition) is 1. The molecular weight excluding hydrogens is 184 g/mol. The van der Waals surface area contributed by atoms with Crippen LogP contribution in [0.25, 0.3) is 0 Å². The SMILES string of the molecule is CCCN(CC)CCNCCC(C)(C)C. The summed E-state index contributed by atoms with van der Waals surface area (Å²) in [5.74, 6) is 0. The van der Waals surface area contributed by atoms with Gasteiger partial charge in [0.05, 0.1) is 0 Å². The highest BCUT2D eigenvalue weighted by Crippen LogP contribution is 2.16. The Morgan fingerprint density at radius 2 is 1.67 bits per heavy atom. The minimum Gasteiger partial charge on any atom is -0.315 e. The highest BCUT2D eigenvalue weighted by atomic mass is 15.1. The zero-order valence-electron chi connectivity index (χ0n) is 11.4. The number of nitrogens with zero attached hydrogens (tertiary/aromatic N) is 1. The zero-order chi connectivity index (χ0) is 11.7. The molecule has 0 heterocycles. The van der Waals surface area contributed by atoms with Gasteiger partial charge < -0.3 is 10.2 Å². The molecule has 0 saturated heterocycles. The first-order chi connectivity index (χ1) is 6.99. The molecule has 0 unspecified atom stereocenters. The Hall–Kier alpha value is -0.0800. The van der Waals surface area contributed by atoms with Crippen molar-refractivity contribution in [3.63, 3.8) is 0 Å². The highest BCUT2D eigenvalue weighted by molar-refractivity contribution is 4.64. The number of rotatable bonds is 8. The third kappa shape index (κ3) is 10.2. The fourth-order valence-corrected chi connectivity index (χ4v) is 1.57. The van der Waals surface area contributed by atoms with Crippen LogP contribution in [0, 0.1) is 5.41 Å². The summed E-state index contributed by atoms with van der Waals surface area (Å²) in [6.07, 6.45) is 2.52. The van der Waals surface area contributed by atoms with Gasteiger partial charge in [0.15, 0.2) is 0 Å². The van der Waals surface area contributed by atoms with Crippen molar-refractivity contribution in [1.29, 1.82) is 0 Å². The Balaban J connectivity index is 3.36. The van der Waals surface area contributed by atoms with Gasteiger partial charge >= 0.3 is 0 Å². The lowest BCUT2D eigenvalue weighted by atomic mass is 9.92. The summed E-state index contributed by atoms with van der Waals surface area (Å²) in [5, 5.41) is 3.52. The molecule has 0 amide bonds. The summed E-state index contributed by atoms with van der Waals surface area (Å²) in [6, 6.07) is 0. The third-order valence-electron chi connectivity index (χ3n) is 2.64. The van der Waals surface area contributed by atoms with Gasteiger partial charge in [-0.2, -0.15) is 0 Å². The second-order valence-corrected chi connectivity index (χ2v) is 5.49. The lowest BCUT2D eigenvalue weighted by Crippen LogP contribution is -2.33. The largest absolute Gasteiger partial charge is 0.315 e. The van der Waals surface area contributed by atoms with E-state index in [1.807, 2.05) is 0 Å². The summed E-state index contributed by atoms with van der Waals surface area (Å²) in [4.78, 5) is 2.50. The summed E-state index contributed by atoms with van der Waals surface area (Å²) in [7, 11) is 0. The molecule has 15 heavy (non-hydrogen) atoms.